The highest BCUT2D eigenvalue weighted by molar-refractivity contribution is 6.49. The van der Waals surface area contributed by atoms with Crippen molar-refractivity contribution < 1.29 is 23.9 Å². The van der Waals surface area contributed by atoms with Crippen molar-refractivity contribution in [2.45, 2.75) is 45.9 Å². The molecule has 2 aromatic rings. The fourth-order valence-electron chi connectivity index (χ4n) is 3.16. The average Bonchev–Trinajstić information content (AvgIpc) is 2.81. The van der Waals surface area contributed by atoms with Crippen LogP contribution in [-0.2, 0) is 20.9 Å². The number of nitrogens with zero attached hydrogens (tertiary/aromatic N) is 1. The van der Waals surface area contributed by atoms with Crippen LogP contribution in [0.3, 0.4) is 0 Å². The van der Waals surface area contributed by atoms with Gasteiger partial charge in [-0.2, -0.15) is 0 Å². The summed E-state index contributed by atoms with van der Waals surface area (Å²) in [5.74, 6) is -2.50. The van der Waals surface area contributed by atoms with Crippen molar-refractivity contribution in [3.8, 4) is 5.75 Å². The van der Waals surface area contributed by atoms with Crippen molar-refractivity contribution in [1.82, 2.24) is 4.57 Å². The first-order chi connectivity index (χ1) is 12.6. The summed E-state index contributed by atoms with van der Waals surface area (Å²) in [6, 6.07) is 3.23. The van der Waals surface area contributed by atoms with Crippen LogP contribution in [0.2, 0.25) is 0 Å². The van der Waals surface area contributed by atoms with E-state index in [9.17, 15) is 14.4 Å². The van der Waals surface area contributed by atoms with E-state index >= 15 is 0 Å². The lowest BCUT2D eigenvalue weighted by molar-refractivity contribution is -0.165. The quantitative estimate of drug-likeness (QED) is 0.386. The molecule has 2 N–H and O–H groups in total. The molecule has 0 fully saturated rings. The van der Waals surface area contributed by atoms with Crippen LogP contribution in [0.1, 0.15) is 36.8 Å². The fraction of sp³-hybridized carbons (Fsp3) is 0.350. The van der Waals surface area contributed by atoms with E-state index in [1.165, 1.54) is 6.07 Å². The zero-order chi connectivity index (χ0) is 20.1. The molecule has 1 aromatic carbocycles. The Bertz CT molecular complexity index is 994. The second-order valence-electron chi connectivity index (χ2n) is 7.46. The van der Waals surface area contributed by atoms with E-state index in [-0.39, 0.29) is 11.3 Å². The van der Waals surface area contributed by atoms with E-state index in [4.69, 9.17) is 15.2 Å². The Kier molecular flexibility index (Phi) is 4.34. The predicted molar refractivity (Wildman–Crippen MR) is 101 cm³/mol. The standard InChI is InChI=1S/C20H22N2O5/c1-6-9-22-10(2)14(21)13-12(22)8-7-11-15(23)16(24)18(26-17(11)13)19(25)27-20(3,4)5/h6-8,18H,1,9,21H2,2-5H3. The number of fused-ring (bicyclic) bond motifs is 3. The van der Waals surface area contributed by atoms with Crippen molar-refractivity contribution in [2.75, 3.05) is 5.73 Å². The minimum atomic E-state index is -1.64. The zero-order valence-corrected chi connectivity index (χ0v) is 15.8. The Morgan fingerprint density at radius 3 is 2.63 bits per heavy atom. The van der Waals surface area contributed by atoms with Crippen LogP contribution in [-0.4, -0.2) is 33.8 Å². The van der Waals surface area contributed by atoms with Gasteiger partial charge in [-0.25, -0.2) is 4.79 Å². The van der Waals surface area contributed by atoms with Gasteiger partial charge in [-0.15, -0.1) is 6.58 Å². The molecule has 1 aliphatic rings. The molecule has 7 nitrogen and oxygen atoms in total. The number of carbonyl (C=O) groups excluding carboxylic acids is 3. The first kappa shape index (κ1) is 18.7. The number of benzene rings is 1. The first-order valence-electron chi connectivity index (χ1n) is 8.57. The van der Waals surface area contributed by atoms with Crippen molar-refractivity contribution in [2.24, 2.45) is 0 Å². The highest BCUT2D eigenvalue weighted by Gasteiger charge is 2.43. The topological polar surface area (TPSA) is 101 Å². The molecular weight excluding hydrogens is 348 g/mol. The Hall–Kier alpha value is -3.09. The number of nitrogen functional groups attached to an aromatic ring is 1. The van der Waals surface area contributed by atoms with Crippen LogP contribution in [0.4, 0.5) is 5.69 Å². The monoisotopic (exact) mass is 370 g/mol. The summed E-state index contributed by atoms with van der Waals surface area (Å²) in [6.45, 7) is 11.1. The van der Waals surface area contributed by atoms with Crippen LogP contribution < -0.4 is 10.5 Å². The Balaban J connectivity index is 2.17. The molecule has 142 valence electrons. The van der Waals surface area contributed by atoms with Crippen LogP contribution >= 0.6 is 0 Å². The smallest absolute Gasteiger partial charge is 0.356 e. The lowest BCUT2D eigenvalue weighted by atomic mass is 9.97. The minimum absolute atomic E-state index is 0.0924. The molecule has 1 unspecified atom stereocenters. The van der Waals surface area contributed by atoms with Crippen LogP contribution in [0.15, 0.2) is 24.8 Å². The molecule has 3 rings (SSSR count). The fourth-order valence-corrected chi connectivity index (χ4v) is 3.16. The van der Waals surface area contributed by atoms with Crippen molar-refractivity contribution >= 4 is 34.1 Å². The van der Waals surface area contributed by atoms with Gasteiger partial charge in [-0.05, 0) is 39.8 Å². The van der Waals surface area contributed by atoms with E-state index < -0.39 is 29.2 Å². The largest absolute Gasteiger partial charge is 0.469 e. The number of ketones is 2. The SMILES string of the molecule is C=CCn1c(C)c(N)c2c3c(ccc21)C(=O)C(=O)C(C(=O)OC(C)(C)C)O3. The number of hydrogen-bond donors (Lipinski definition) is 1. The van der Waals surface area contributed by atoms with E-state index in [0.717, 1.165) is 11.2 Å². The maximum absolute atomic E-state index is 12.6. The summed E-state index contributed by atoms with van der Waals surface area (Å²) in [5.41, 5.74) is 7.45. The average molecular weight is 370 g/mol. The number of rotatable bonds is 3. The van der Waals surface area contributed by atoms with Gasteiger partial charge < -0.3 is 19.8 Å². The number of anilines is 1. The molecule has 1 aromatic heterocycles. The second-order valence-corrected chi connectivity index (χ2v) is 7.46. The summed E-state index contributed by atoms with van der Waals surface area (Å²) in [5, 5.41) is 0.501. The van der Waals surface area contributed by atoms with Gasteiger partial charge in [-0.3, -0.25) is 9.59 Å². The highest BCUT2D eigenvalue weighted by Crippen LogP contribution is 2.41. The van der Waals surface area contributed by atoms with Gasteiger partial charge in [0.1, 0.15) is 11.4 Å². The van der Waals surface area contributed by atoms with Gasteiger partial charge in [0.15, 0.2) is 0 Å². The third kappa shape index (κ3) is 2.99. The van der Waals surface area contributed by atoms with Gasteiger partial charge in [0, 0.05) is 12.2 Å². The van der Waals surface area contributed by atoms with Gasteiger partial charge in [0.2, 0.25) is 5.78 Å². The van der Waals surface area contributed by atoms with Crippen molar-refractivity contribution in [3.05, 3.63) is 36.0 Å². The lowest BCUT2D eigenvalue weighted by Crippen LogP contribution is -2.46. The van der Waals surface area contributed by atoms with E-state index in [1.807, 2.05) is 11.5 Å². The molecule has 0 saturated heterocycles. The molecule has 0 bridgehead atoms. The highest BCUT2D eigenvalue weighted by atomic mass is 16.6. The molecule has 0 saturated carbocycles. The van der Waals surface area contributed by atoms with Gasteiger partial charge in [0.25, 0.3) is 11.9 Å². The number of Topliss-reactive ketones (excluding diaryl/α,β-unsaturated/α-hetero) is 2. The third-order valence-corrected chi connectivity index (χ3v) is 4.37. The van der Waals surface area contributed by atoms with E-state index in [0.29, 0.717) is 17.6 Å². The summed E-state index contributed by atoms with van der Waals surface area (Å²) in [7, 11) is 0. The maximum Gasteiger partial charge on any atom is 0.356 e. The number of esters is 1. The van der Waals surface area contributed by atoms with Gasteiger partial charge in [0.05, 0.1) is 22.2 Å². The van der Waals surface area contributed by atoms with Crippen molar-refractivity contribution in [3.63, 3.8) is 0 Å². The number of allylic oxidation sites excluding steroid dienone is 1. The molecule has 1 atom stereocenters. The molecule has 27 heavy (non-hydrogen) atoms. The molecule has 7 heteroatoms. The van der Waals surface area contributed by atoms with Crippen LogP contribution in [0.25, 0.3) is 10.9 Å². The Morgan fingerprint density at radius 1 is 1.37 bits per heavy atom. The van der Waals surface area contributed by atoms with Gasteiger partial charge >= 0.3 is 5.97 Å². The number of ether oxygens (including phenoxy) is 2. The molecular formula is C20H22N2O5. The number of hydrogen-bond acceptors (Lipinski definition) is 6. The van der Waals surface area contributed by atoms with Crippen molar-refractivity contribution in [1.29, 1.82) is 0 Å². The van der Waals surface area contributed by atoms with Crippen LogP contribution in [0, 0.1) is 6.92 Å². The maximum atomic E-state index is 12.6. The molecule has 2 heterocycles. The summed E-state index contributed by atoms with van der Waals surface area (Å²) in [6.07, 6.45) is 0.0852. The molecule has 0 amide bonds. The normalized spacial score (nSPS) is 16.8. The molecule has 0 aliphatic carbocycles. The number of aromatic nitrogens is 1. The zero-order valence-electron chi connectivity index (χ0n) is 15.8. The summed E-state index contributed by atoms with van der Waals surface area (Å²) >= 11 is 0. The van der Waals surface area contributed by atoms with Crippen LogP contribution in [0.5, 0.6) is 5.75 Å². The summed E-state index contributed by atoms with van der Waals surface area (Å²) < 4.78 is 12.9. The Labute approximate surface area is 156 Å². The molecule has 1 aliphatic heterocycles. The second kappa shape index (κ2) is 6.26. The summed E-state index contributed by atoms with van der Waals surface area (Å²) in [4.78, 5) is 37.4. The van der Waals surface area contributed by atoms with E-state index in [2.05, 4.69) is 6.58 Å². The third-order valence-electron chi connectivity index (χ3n) is 4.37. The molecule has 0 radical (unpaired) electrons. The van der Waals surface area contributed by atoms with E-state index in [1.54, 1.807) is 32.9 Å². The first-order valence-corrected chi connectivity index (χ1v) is 8.57. The number of carbonyl (C=O) groups is 3. The van der Waals surface area contributed by atoms with Gasteiger partial charge in [-0.1, -0.05) is 6.08 Å². The lowest BCUT2D eigenvalue weighted by Gasteiger charge is -2.27. The minimum Gasteiger partial charge on any atom is -0.469 e. The Morgan fingerprint density at radius 2 is 2.04 bits per heavy atom. The number of nitrogens with two attached hydrogens (primary N) is 1. The predicted octanol–water partition coefficient (Wildman–Crippen LogP) is 2.57. The molecule has 0 spiro atoms.